The Bertz CT molecular complexity index is 649. The van der Waals surface area contributed by atoms with Gasteiger partial charge in [-0.15, -0.1) is 0 Å². The zero-order chi connectivity index (χ0) is 13.2. The second-order valence-corrected chi connectivity index (χ2v) is 4.22. The smallest absolute Gasteiger partial charge is 0.264 e. The zero-order valence-electron chi connectivity index (χ0n) is 10.5. The molecule has 1 fully saturated rings. The lowest BCUT2D eigenvalue weighted by Gasteiger charge is -2.27. The Labute approximate surface area is 109 Å². The Hall–Kier alpha value is -2.15. The molecule has 3 rings (SSSR count). The van der Waals surface area contributed by atoms with E-state index in [2.05, 4.69) is 15.0 Å². The number of fused-ring (bicyclic) bond motifs is 1. The van der Waals surface area contributed by atoms with Crippen LogP contribution in [0.25, 0.3) is 10.9 Å². The van der Waals surface area contributed by atoms with Crippen LogP contribution < -0.4 is 15.2 Å². The third kappa shape index (κ3) is 2.12. The van der Waals surface area contributed by atoms with Crippen molar-refractivity contribution < 1.29 is 9.47 Å². The molecule has 0 aliphatic carbocycles. The summed E-state index contributed by atoms with van der Waals surface area (Å²) in [5, 5.41) is 0.425. The maximum atomic E-state index is 12.2. The van der Waals surface area contributed by atoms with Crippen LogP contribution in [-0.4, -0.2) is 48.4 Å². The van der Waals surface area contributed by atoms with Crippen molar-refractivity contribution in [2.24, 2.45) is 0 Å². The Morgan fingerprint density at radius 1 is 1.37 bits per heavy atom. The van der Waals surface area contributed by atoms with Crippen LogP contribution in [0.15, 0.2) is 17.2 Å². The first kappa shape index (κ1) is 11.9. The van der Waals surface area contributed by atoms with Crippen LogP contribution in [0.5, 0.6) is 5.75 Å². The molecule has 7 heteroatoms. The maximum absolute atomic E-state index is 12.2. The lowest BCUT2D eigenvalue weighted by atomic mass is 10.3. The number of pyridine rings is 1. The number of rotatable bonds is 2. The molecule has 0 bridgehead atoms. The summed E-state index contributed by atoms with van der Waals surface area (Å²) in [6, 6.07) is 0. The van der Waals surface area contributed by atoms with Gasteiger partial charge in [0.05, 0.1) is 32.7 Å². The van der Waals surface area contributed by atoms with Gasteiger partial charge in [0.2, 0.25) is 5.95 Å². The van der Waals surface area contributed by atoms with Gasteiger partial charge in [0.15, 0.2) is 5.75 Å². The molecule has 0 atom stereocenters. The molecule has 19 heavy (non-hydrogen) atoms. The quantitative estimate of drug-likeness (QED) is 0.830. The van der Waals surface area contributed by atoms with E-state index < -0.39 is 0 Å². The van der Waals surface area contributed by atoms with Gasteiger partial charge in [-0.05, 0) is 0 Å². The van der Waals surface area contributed by atoms with Gasteiger partial charge < -0.3 is 14.4 Å². The van der Waals surface area contributed by atoms with E-state index in [1.165, 1.54) is 13.3 Å². The summed E-state index contributed by atoms with van der Waals surface area (Å²) in [5.41, 5.74) is 0.315. The Morgan fingerprint density at radius 3 is 2.89 bits per heavy atom. The maximum Gasteiger partial charge on any atom is 0.264 e. The van der Waals surface area contributed by atoms with Gasteiger partial charge in [0, 0.05) is 13.1 Å². The zero-order valence-corrected chi connectivity index (χ0v) is 10.5. The number of aromatic amines is 1. The molecule has 0 amide bonds. The van der Waals surface area contributed by atoms with Crippen LogP contribution in [0, 0.1) is 0 Å². The lowest BCUT2D eigenvalue weighted by molar-refractivity contribution is 0.122. The first-order valence-corrected chi connectivity index (χ1v) is 6.04. The number of aromatic nitrogens is 3. The predicted octanol–water partition coefficient (Wildman–Crippen LogP) is 0.163. The fourth-order valence-corrected chi connectivity index (χ4v) is 2.13. The number of hydrogen-bond donors (Lipinski definition) is 1. The topological polar surface area (TPSA) is 80.3 Å². The Kier molecular flexibility index (Phi) is 3.04. The third-order valence-corrected chi connectivity index (χ3v) is 3.10. The van der Waals surface area contributed by atoms with Crippen LogP contribution >= 0.6 is 0 Å². The molecule has 2 aromatic rings. The summed E-state index contributed by atoms with van der Waals surface area (Å²) in [5.74, 6) is 0.982. The van der Waals surface area contributed by atoms with Crippen LogP contribution in [0.1, 0.15) is 0 Å². The average Bonchev–Trinajstić information content (AvgIpc) is 2.47. The molecular weight excluding hydrogens is 248 g/mol. The number of nitrogens with zero attached hydrogens (tertiary/aromatic N) is 3. The van der Waals surface area contributed by atoms with Crippen molar-refractivity contribution in [3.8, 4) is 5.75 Å². The lowest BCUT2D eigenvalue weighted by Crippen LogP contribution is -2.38. The number of nitrogens with one attached hydrogen (secondary N) is 1. The van der Waals surface area contributed by atoms with Gasteiger partial charge in [0.1, 0.15) is 10.9 Å². The van der Waals surface area contributed by atoms with Crippen LogP contribution in [-0.2, 0) is 4.74 Å². The van der Waals surface area contributed by atoms with Crippen LogP contribution in [0.2, 0.25) is 0 Å². The number of methoxy groups -OCH3 is 1. The van der Waals surface area contributed by atoms with Gasteiger partial charge in [-0.2, -0.15) is 0 Å². The van der Waals surface area contributed by atoms with Crippen molar-refractivity contribution in [2.75, 3.05) is 38.3 Å². The van der Waals surface area contributed by atoms with Crippen molar-refractivity contribution >= 4 is 16.9 Å². The number of morpholine rings is 1. The van der Waals surface area contributed by atoms with E-state index in [0.29, 0.717) is 48.9 Å². The standard InChI is InChI=1S/C12H14N4O3/c1-18-9-7-13-6-8-10(9)11(17)15-12(14-8)16-2-4-19-5-3-16/h6-7H,2-5H2,1H3,(H,14,15,17). The molecule has 3 heterocycles. The minimum absolute atomic E-state index is 0.217. The molecule has 0 spiro atoms. The highest BCUT2D eigenvalue weighted by Crippen LogP contribution is 2.20. The summed E-state index contributed by atoms with van der Waals surface area (Å²) in [6.45, 7) is 2.70. The Morgan fingerprint density at radius 2 is 2.16 bits per heavy atom. The number of anilines is 1. The minimum atomic E-state index is -0.217. The minimum Gasteiger partial charge on any atom is -0.494 e. The van der Waals surface area contributed by atoms with E-state index in [9.17, 15) is 4.79 Å². The summed E-state index contributed by atoms with van der Waals surface area (Å²) in [4.78, 5) is 25.4. The van der Waals surface area contributed by atoms with Gasteiger partial charge in [-0.25, -0.2) is 4.98 Å². The first-order valence-electron chi connectivity index (χ1n) is 6.04. The highest BCUT2D eigenvalue weighted by Gasteiger charge is 2.16. The second-order valence-electron chi connectivity index (χ2n) is 4.22. The molecule has 7 nitrogen and oxygen atoms in total. The molecule has 1 N–H and O–H groups in total. The predicted molar refractivity (Wildman–Crippen MR) is 69.7 cm³/mol. The van der Waals surface area contributed by atoms with E-state index in [1.807, 2.05) is 4.90 Å². The van der Waals surface area contributed by atoms with E-state index >= 15 is 0 Å². The van der Waals surface area contributed by atoms with Gasteiger partial charge in [-0.1, -0.05) is 0 Å². The second kappa shape index (κ2) is 4.85. The summed E-state index contributed by atoms with van der Waals surface area (Å²) in [6.07, 6.45) is 3.07. The molecule has 0 unspecified atom stereocenters. The van der Waals surface area contributed by atoms with Crippen molar-refractivity contribution in [3.05, 3.63) is 22.7 Å². The normalized spacial score (nSPS) is 15.7. The van der Waals surface area contributed by atoms with Gasteiger partial charge >= 0.3 is 0 Å². The van der Waals surface area contributed by atoms with Crippen molar-refractivity contribution in [3.63, 3.8) is 0 Å². The summed E-state index contributed by atoms with van der Waals surface area (Å²) >= 11 is 0. The van der Waals surface area contributed by atoms with Crippen LogP contribution in [0.3, 0.4) is 0 Å². The van der Waals surface area contributed by atoms with Crippen molar-refractivity contribution in [1.29, 1.82) is 0 Å². The molecule has 1 saturated heterocycles. The first-order chi connectivity index (χ1) is 9.29. The number of H-pyrrole nitrogens is 1. The van der Waals surface area contributed by atoms with E-state index in [1.54, 1.807) is 6.20 Å². The SMILES string of the molecule is COc1cncc2nc(N3CCOCC3)[nH]c(=O)c12. The number of hydrogen-bond acceptors (Lipinski definition) is 6. The molecular formula is C12H14N4O3. The van der Waals surface area contributed by atoms with Crippen molar-refractivity contribution in [2.45, 2.75) is 0 Å². The monoisotopic (exact) mass is 262 g/mol. The largest absolute Gasteiger partial charge is 0.494 e. The van der Waals surface area contributed by atoms with Crippen molar-refractivity contribution in [1.82, 2.24) is 15.0 Å². The average molecular weight is 262 g/mol. The molecule has 0 aromatic carbocycles. The summed E-state index contributed by atoms with van der Waals surface area (Å²) in [7, 11) is 1.51. The fourth-order valence-electron chi connectivity index (χ4n) is 2.13. The molecule has 0 radical (unpaired) electrons. The highest BCUT2D eigenvalue weighted by molar-refractivity contribution is 5.83. The fraction of sp³-hybridized carbons (Fsp3) is 0.417. The molecule has 1 aliphatic heterocycles. The molecule has 1 aliphatic rings. The highest BCUT2D eigenvalue weighted by atomic mass is 16.5. The third-order valence-electron chi connectivity index (χ3n) is 3.10. The van der Waals surface area contributed by atoms with Crippen LogP contribution in [0.4, 0.5) is 5.95 Å². The molecule has 100 valence electrons. The van der Waals surface area contributed by atoms with E-state index in [4.69, 9.17) is 9.47 Å². The summed E-state index contributed by atoms with van der Waals surface area (Å²) < 4.78 is 10.4. The van der Waals surface area contributed by atoms with Gasteiger partial charge in [0.25, 0.3) is 5.56 Å². The molecule has 0 saturated carbocycles. The Balaban J connectivity index is 2.12. The number of ether oxygens (including phenoxy) is 2. The molecule has 2 aromatic heterocycles. The van der Waals surface area contributed by atoms with E-state index in [0.717, 1.165) is 0 Å². The van der Waals surface area contributed by atoms with E-state index in [-0.39, 0.29) is 5.56 Å². The van der Waals surface area contributed by atoms with Gasteiger partial charge in [-0.3, -0.25) is 14.8 Å².